The minimum Gasteiger partial charge on any atom is -0.329 e. The summed E-state index contributed by atoms with van der Waals surface area (Å²) in [5, 5.41) is 7.46. The molecule has 0 aliphatic heterocycles. The Hall–Kier alpha value is -4.47. The van der Waals surface area contributed by atoms with Crippen molar-refractivity contribution in [2.75, 3.05) is 5.32 Å². The molecule has 0 saturated heterocycles. The molecule has 1 amide bonds. The summed E-state index contributed by atoms with van der Waals surface area (Å²) in [5.74, 6) is -0.565. The fourth-order valence-corrected chi connectivity index (χ4v) is 3.51. The minimum absolute atomic E-state index is 0.125. The van der Waals surface area contributed by atoms with E-state index in [1.54, 1.807) is 41.3 Å². The van der Waals surface area contributed by atoms with Crippen LogP contribution >= 0.6 is 0 Å². The lowest BCUT2D eigenvalue weighted by molar-refractivity contribution is 0.102. The predicted octanol–water partition coefficient (Wildman–Crippen LogP) is 2.93. The van der Waals surface area contributed by atoms with Gasteiger partial charge in [-0.2, -0.15) is 5.10 Å². The number of nitrogens with one attached hydrogen (secondary N) is 1. The van der Waals surface area contributed by atoms with E-state index in [4.69, 9.17) is 0 Å². The highest BCUT2D eigenvalue weighted by Gasteiger charge is 2.20. The summed E-state index contributed by atoms with van der Waals surface area (Å²) in [7, 11) is 0. The van der Waals surface area contributed by atoms with Crippen molar-refractivity contribution in [2.45, 2.75) is 19.9 Å². The first-order valence-corrected chi connectivity index (χ1v) is 9.92. The van der Waals surface area contributed by atoms with Gasteiger partial charge < -0.3 is 9.88 Å². The van der Waals surface area contributed by atoms with Crippen molar-refractivity contribution in [2.24, 2.45) is 0 Å². The highest BCUT2D eigenvalue weighted by Crippen LogP contribution is 2.25. The van der Waals surface area contributed by atoms with Gasteiger partial charge in [-0.1, -0.05) is 0 Å². The van der Waals surface area contributed by atoms with Gasteiger partial charge in [-0.25, -0.2) is 19.5 Å². The van der Waals surface area contributed by atoms with Crippen LogP contribution in [0.1, 0.15) is 46.2 Å². The monoisotopic (exact) mass is 426 g/mol. The van der Waals surface area contributed by atoms with Crippen molar-refractivity contribution in [3.05, 3.63) is 78.5 Å². The molecule has 10 heteroatoms. The van der Waals surface area contributed by atoms with Crippen LogP contribution in [0.4, 0.5) is 5.69 Å². The second kappa shape index (κ2) is 7.65. The van der Waals surface area contributed by atoms with Crippen LogP contribution in [0.5, 0.6) is 0 Å². The average Bonchev–Trinajstić information content (AvgIpc) is 3.43. The van der Waals surface area contributed by atoms with Gasteiger partial charge in [0.2, 0.25) is 0 Å². The normalized spacial score (nSPS) is 11.3. The van der Waals surface area contributed by atoms with Crippen LogP contribution in [0, 0.1) is 0 Å². The predicted molar refractivity (Wildman–Crippen MR) is 117 cm³/mol. The summed E-state index contributed by atoms with van der Waals surface area (Å²) in [6.07, 6.45) is 10.9. The van der Waals surface area contributed by atoms with Gasteiger partial charge in [-0.3, -0.25) is 14.6 Å². The number of carbonyl (C=O) groups excluding carboxylic acids is 2. The second-order valence-corrected chi connectivity index (χ2v) is 7.53. The van der Waals surface area contributed by atoms with Crippen LogP contribution in [-0.4, -0.2) is 45.8 Å². The molecule has 0 radical (unpaired) electrons. The van der Waals surface area contributed by atoms with E-state index < -0.39 is 0 Å². The Balaban J connectivity index is 1.44. The molecule has 0 fully saturated rings. The van der Waals surface area contributed by atoms with Crippen LogP contribution in [-0.2, 0) is 0 Å². The number of rotatable bonds is 5. The van der Waals surface area contributed by atoms with Crippen molar-refractivity contribution >= 4 is 34.1 Å². The summed E-state index contributed by atoms with van der Waals surface area (Å²) < 4.78 is 3.50. The molecule has 0 saturated carbocycles. The van der Waals surface area contributed by atoms with E-state index >= 15 is 0 Å². The fraction of sp³-hybridized carbons (Fsp3) is 0.136. The Morgan fingerprint density at radius 1 is 1.00 bits per heavy atom. The van der Waals surface area contributed by atoms with Crippen LogP contribution in [0.2, 0.25) is 0 Å². The first kappa shape index (κ1) is 19.5. The standard InChI is InChI=1S/C22H18N8O2/c1-13(2)29-10-18(17-9-24-11-26-21(17)29)20(31)15-5-16(8-23-7-15)28-22(32)14-3-4-30-19(6-14)25-12-27-30/h3-13H,1-2H3,(H,28,32). The molecule has 0 unspecified atom stereocenters. The lowest BCUT2D eigenvalue weighted by atomic mass is 10.1. The summed E-state index contributed by atoms with van der Waals surface area (Å²) in [6.45, 7) is 4.04. The summed E-state index contributed by atoms with van der Waals surface area (Å²) in [6, 6.07) is 5.00. The van der Waals surface area contributed by atoms with Gasteiger partial charge in [0, 0.05) is 47.3 Å². The van der Waals surface area contributed by atoms with Crippen LogP contribution in [0.15, 0.2) is 61.8 Å². The topological polar surface area (TPSA) is 120 Å². The van der Waals surface area contributed by atoms with E-state index in [1.165, 1.54) is 25.0 Å². The Labute approximate surface area is 182 Å². The second-order valence-electron chi connectivity index (χ2n) is 7.53. The van der Waals surface area contributed by atoms with Crippen LogP contribution in [0.3, 0.4) is 0 Å². The molecule has 10 nitrogen and oxygen atoms in total. The molecule has 5 aromatic heterocycles. The third-order valence-electron chi connectivity index (χ3n) is 5.10. The number of fused-ring (bicyclic) bond motifs is 2. The Kier molecular flexibility index (Phi) is 4.66. The van der Waals surface area contributed by atoms with Gasteiger partial charge in [0.15, 0.2) is 11.4 Å². The number of pyridine rings is 2. The van der Waals surface area contributed by atoms with Gasteiger partial charge in [0.25, 0.3) is 5.91 Å². The Bertz CT molecular complexity index is 1480. The van der Waals surface area contributed by atoms with Gasteiger partial charge >= 0.3 is 0 Å². The van der Waals surface area contributed by atoms with Crippen molar-refractivity contribution in [3.8, 4) is 0 Å². The highest BCUT2D eigenvalue weighted by atomic mass is 16.1. The number of anilines is 1. The Morgan fingerprint density at radius 3 is 2.72 bits per heavy atom. The molecule has 5 heterocycles. The number of ketones is 1. The number of amides is 1. The van der Waals surface area contributed by atoms with E-state index in [0.717, 1.165) is 0 Å². The van der Waals surface area contributed by atoms with E-state index in [0.29, 0.717) is 39.1 Å². The van der Waals surface area contributed by atoms with Crippen molar-refractivity contribution in [1.82, 2.24) is 34.1 Å². The zero-order valence-corrected chi connectivity index (χ0v) is 17.3. The van der Waals surface area contributed by atoms with E-state index in [-0.39, 0.29) is 17.7 Å². The molecule has 158 valence electrons. The number of aromatic nitrogens is 7. The molecule has 0 aliphatic rings. The molecule has 0 aromatic carbocycles. The minimum atomic E-state index is -0.341. The largest absolute Gasteiger partial charge is 0.329 e. The zero-order chi connectivity index (χ0) is 22.2. The number of hydrogen-bond acceptors (Lipinski definition) is 7. The van der Waals surface area contributed by atoms with Crippen LogP contribution < -0.4 is 5.32 Å². The number of carbonyl (C=O) groups is 2. The van der Waals surface area contributed by atoms with Crippen molar-refractivity contribution < 1.29 is 9.59 Å². The van der Waals surface area contributed by atoms with Gasteiger partial charge in [-0.15, -0.1) is 0 Å². The quantitative estimate of drug-likeness (QED) is 0.429. The molecule has 32 heavy (non-hydrogen) atoms. The number of nitrogens with zero attached hydrogens (tertiary/aromatic N) is 7. The fourth-order valence-electron chi connectivity index (χ4n) is 3.51. The maximum atomic E-state index is 13.3. The average molecular weight is 426 g/mol. The molecule has 0 aliphatic carbocycles. The van der Waals surface area contributed by atoms with Gasteiger partial charge in [-0.05, 0) is 32.0 Å². The molecule has 5 rings (SSSR count). The molecule has 0 bridgehead atoms. The SMILES string of the molecule is CC(C)n1cc(C(=O)c2cncc(NC(=O)c3ccn4ncnc4c3)c2)c2cncnc21. The third kappa shape index (κ3) is 3.37. The smallest absolute Gasteiger partial charge is 0.255 e. The first-order chi connectivity index (χ1) is 15.5. The summed E-state index contributed by atoms with van der Waals surface area (Å²) in [4.78, 5) is 42.6. The Morgan fingerprint density at radius 2 is 1.88 bits per heavy atom. The summed E-state index contributed by atoms with van der Waals surface area (Å²) >= 11 is 0. The maximum absolute atomic E-state index is 13.3. The first-order valence-electron chi connectivity index (χ1n) is 9.92. The zero-order valence-electron chi connectivity index (χ0n) is 17.3. The maximum Gasteiger partial charge on any atom is 0.255 e. The van der Waals surface area contributed by atoms with E-state index in [1.807, 2.05) is 18.4 Å². The van der Waals surface area contributed by atoms with Crippen LogP contribution in [0.25, 0.3) is 16.7 Å². The molecule has 0 atom stereocenters. The summed E-state index contributed by atoms with van der Waals surface area (Å²) in [5.41, 5.74) is 2.91. The lowest BCUT2D eigenvalue weighted by Gasteiger charge is -2.07. The van der Waals surface area contributed by atoms with Gasteiger partial charge in [0.1, 0.15) is 18.3 Å². The van der Waals surface area contributed by atoms with Gasteiger partial charge in [0.05, 0.1) is 17.4 Å². The highest BCUT2D eigenvalue weighted by molar-refractivity contribution is 6.16. The van der Waals surface area contributed by atoms with E-state index in [2.05, 4.69) is 30.4 Å². The molecular weight excluding hydrogens is 408 g/mol. The molecule has 5 aromatic rings. The lowest BCUT2D eigenvalue weighted by Crippen LogP contribution is -2.13. The van der Waals surface area contributed by atoms with Crippen molar-refractivity contribution in [1.29, 1.82) is 0 Å². The van der Waals surface area contributed by atoms with Crippen molar-refractivity contribution in [3.63, 3.8) is 0 Å². The molecular formula is C22H18N8O2. The van der Waals surface area contributed by atoms with E-state index in [9.17, 15) is 9.59 Å². The molecule has 0 spiro atoms. The third-order valence-corrected chi connectivity index (χ3v) is 5.10. The molecule has 1 N–H and O–H groups in total. The number of hydrogen-bond donors (Lipinski definition) is 1.